The molecule has 1 N–H and O–H groups in total. The fourth-order valence-corrected chi connectivity index (χ4v) is 1.86. The number of hydrogen-bond donors (Lipinski definition) is 1. The number of alkyl halides is 1. The standard InChI is InChI=1S/C15H15ClN2O2/c1-2-20-15-13(4-3-9-17-15)18-14(19)12-7-5-11(10-16)6-8-12/h3-9H,2,10H2,1H3,(H,18,19). The number of carbonyl (C=O) groups is 1. The quantitative estimate of drug-likeness (QED) is 0.858. The Labute approximate surface area is 122 Å². The predicted octanol–water partition coefficient (Wildman–Crippen LogP) is 3.47. The lowest BCUT2D eigenvalue weighted by atomic mass is 10.1. The molecule has 0 fully saturated rings. The highest BCUT2D eigenvalue weighted by molar-refractivity contribution is 6.17. The van der Waals surface area contributed by atoms with Gasteiger partial charge in [-0.05, 0) is 36.8 Å². The molecule has 0 aliphatic heterocycles. The third-order valence-corrected chi connectivity index (χ3v) is 2.98. The summed E-state index contributed by atoms with van der Waals surface area (Å²) in [6.45, 7) is 2.36. The Hall–Kier alpha value is -2.07. The number of nitrogens with zero attached hydrogens (tertiary/aromatic N) is 1. The van der Waals surface area contributed by atoms with Crippen molar-refractivity contribution >= 4 is 23.2 Å². The lowest BCUT2D eigenvalue weighted by Gasteiger charge is -2.10. The van der Waals surface area contributed by atoms with Gasteiger partial charge in [0.15, 0.2) is 0 Å². The molecule has 0 aliphatic rings. The average Bonchev–Trinajstić information content (AvgIpc) is 2.49. The lowest BCUT2D eigenvalue weighted by molar-refractivity contribution is 0.102. The second kappa shape index (κ2) is 6.91. The van der Waals surface area contributed by atoms with Crippen LogP contribution in [-0.4, -0.2) is 17.5 Å². The fraction of sp³-hybridized carbons (Fsp3) is 0.200. The first-order chi connectivity index (χ1) is 9.74. The summed E-state index contributed by atoms with van der Waals surface area (Å²) < 4.78 is 5.37. The highest BCUT2D eigenvalue weighted by Crippen LogP contribution is 2.21. The van der Waals surface area contributed by atoms with Crippen LogP contribution in [0.2, 0.25) is 0 Å². The number of hydrogen-bond acceptors (Lipinski definition) is 3. The van der Waals surface area contributed by atoms with Crippen molar-refractivity contribution in [2.75, 3.05) is 11.9 Å². The number of benzene rings is 1. The van der Waals surface area contributed by atoms with Crippen molar-refractivity contribution < 1.29 is 9.53 Å². The maximum Gasteiger partial charge on any atom is 0.255 e. The van der Waals surface area contributed by atoms with E-state index in [1.54, 1.807) is 30.5 Å². The summed E-state index contributed by atoms with van der Waals surface area (Å²) in [5, 5.41) is 2.79. The number of aromatic nitrogens is 1. The van der Waals surface area contributed by atoms with Gasteiger partial charge in [0.1, 0.15) is 5.69 Å². The van der Waals surface area contributed by atoms with Gasteiger partial charge in [0, 0.05) is 17.6 Å². The minimum atomic E-state index is -0.208. The molecule has 0 aliphatic carbocycles. The van der Waals surface area contributed by atoms with Crippen LogP contribution < -0.4 is 10.1 Å². The van der Waals surface area contributed by atoms with Crippen LogP contribution in [-0.2, 0) is 5.88 Å². The van der Waals surface area contributed by atoms with E-state index in [0.29, 0.717) is 29.6 Å². The van der Waals surface area contributed by atoms with Crippen molar-refractivity contribution in [1.82, 2.24) is 4.98 Å². The second-order valence-electron chi connectivity index (χ2n) is 4.07. The highest BCUT2D eigenvalue weighted by atomic mass is 35.5. The van der Waals surface area contributed by atoms with Crippen LogP contribution >= 0.6 is 11.6 Å². The van der Waals surface area contributed by atoms with Gasteiger partial charge in [-0.2, -0.15) is 0 Å². The van der Waals surface area contributed by atoms with Gasteiger partial charge in [-0.1, -0.05) is 12.1 Å². The van der Waals surface area contributed by atoms with E-state index in [-0.39, 0.29) is 5.91 Å². The van der Waals surface area contributed by atoms with Gasteiger partial charge in [-0.3, -0.25) is 4.79 Å². The Morgan fingerprint density at radius 2 is 2.05 bits per heavy atom. The first-order valence-electron chi connectivity index (χ1n) is 6.28. The topological polar surface area (TPSA) is 51.2 Å². The van der Waals surface area contributed by atoms with Crippen LogP contribution in [0, 0.1) is 0 Å². The van der Waals surface area contributed by atoms with Gasteiger partial charge in [0.05, 0.1) is 6.61 Å². The maximum absolute atomic E-state index is 12.1. The van der Waals surface area contributed by atoms with Crippen molar-refractivity contribution in [1.29, 1.82) is 0 Å². The molecule has 0 spiro atoms. The van der Waals surface area contributed by atoms with Crippen molar-refractivity contribution in [2.24, 2.45) is 0 Å². The zero-order chi connectivity index (χ0) is 14.4. The molecule has 0 radical (unpaired) electrons. The van der Waals surface area contributed by atoms with Crippen molar-refractivity contribution in [3.05, 3.63) is 53.7 Å². The summed E-state index contributed by atoms with van der Waals surface area (Å²) in [5.74, 6) is 0.639. The summed E-state index contributed by atoms with van der Waals surface area (Å²) in [5.41, 5.74) is 2.09. The van der Waals surface area contributed by atoms with Gasteiger partial charge in [0.2, 0.25) is 5.88 Å². The normalized spacial score (nSPS) is 10.1. The third-order valence-electron chi connectivity index (χ3n) is 2.67. The molecular weight excluding hydrogens is 276 g/mol. The first kappa shape index (κ1) is 14.3. The zero-order valence-corrected chi connectivity index (χ0v) is 11.9. The number of halogens is 1. The van der Waals surface area contributed by atoms with Crippen molar-refractivity contribution in [3.63, 3.8) is 0 Å². The Kier molecular flexibility index (Phi) is 4.96. The van der Waals surface area contributed by atoms with Crippen LogP contribution in [0.3, 0.4) is 0 Å². The molecule has 2 aromatic rings. The molecule has 0 atom stereocenters. The SMILES string of the molecule is CCOc1ncccc1NC(=O)c1ccc(CCl)cc1. The lowest BCUT2D eigenvalue weighted by Crippen LogP contribution is -2.13. The predicted molar refractivity (Wildman–Crippen MR) is 79.4 cm³/mol. The largest absolute Gasteiger partial charge is 0.476 e. The van der Waals surface area contributed by atoms with Crippen LogP contribution in [0.25, 0.3) is 0 Å². The molecule has 104 valence electrons. The summed E-state index contributed by atoms with van der Waals surface area (Å²) in [6, 6.07) is 10.6. The molecule has 0 bridgehead atoms. The van der Waals surface area contributed by atoms with Crippen LogP contribution in [0.4, 0.5) is 5.69 Å². The molecule has 20 heavy (non-hydrogen) atoms. The molecule has 1 aromatic carbocycles. The van der Waals surface area contributed by atoms with Crippen LogP contribution in [0.15, 0.2) is 42.6 Å². The molecule has 1 amide bonds. The number of nitrogens with one attached hydrogen (secondary N) is 1. The van der Waals surface area contributed by atoms with E-state index in [1.807, 2.05) is 19.1 Å². The average molecular weight is 291 g/mol. The number of carbonyl (C=O) groups excluding carboxylic acids is 1. The number of rotatable bonds is 5. The molecule has 0 saturated carbocycles. The molecule has 0 saturated heterocycles. The summed E-state index contributed by atoms with van der Waals surface area (Å²) in [4.78, 5) is 16.2. The van der Waals surface area contributed by atoms with Gasteiger partial charge in [-0.25, -0.2) is 4.98 Å². The van der Waals surface area contributed by atoms with Gasteiger partial charge < -0.3 is 10.1 Å². The van der Waals surface area contributed by atoms with Gasteiger partial charge in [0.25, 0.3) is 5.91 Å². The molecule has 2 rings (SSSR count). The highest BCUT2D eigenvalue weighted by Gasteiger charge is 2.10. The van der Waals surface area contributed by atoms with E-state index in [1.165, 1.54) is 0 Å². The number of ether oxygens (including phenoxy) is 1. The zero-order valence-electron chi connectivity index (χ0n) is 11.1. The maximum atomic E-state index is 12.1. The number of amides is 1. The van der Waals surface area contributed by atoms with E-state index in [2.05, 4.69) is 10.3 Å². The summed E-state index contributed by atoms with van der Waals surface area (Å²) >= 11 is 5.72. The van der Waals surface area contributed by atoms with E-state index < -0.39 is 0 Å². The summed E-state index contributed by atoms with van der Waals surface area (Å²) in [6.07, 6.45) is 1.62. The monoisotopic (exact) mass is 290 g/mol. The molecule has 1 heterocycles. The Morgan fingerprint density at radius 1 is 1.30 bits per heavy atom. The smallest absolute Gasteiger partial charge is 0.255 e. The van der Waals surface area contributed by atoms with E-state index >= 15 is 0 Å². The Morgan fingerprint density at radius 3 is 2.70 bits per heavy atom. The van der Waals surface area contributed by atoms with Crippen molar-refractivity contribution in [2.45, 2.75) is 12.8 Å². The molecule has 0 unspecified atom stereocenters. The van der Waals surface area contributed by atoms with Crippen molar-refractivity contribution in [3.8, 4) is 5.88 Å². The summed E-state index contributed by atoms with van der Waals surface area (Å²) in [7, 11) is 0. The van der Waals surface area contributed by atoms with Crippen LogP contribution in [0.5, 0.6) is 5.88 Å². The number of anilines is 1. The van der Waals surface area contributed by atoms with E-state index in [4.69, 9.17) is 16.3 Å². The molecular formula is C15H15ClN2O2. The molecule has 1 aromatic heterocycles. The van der Waals surface area contributed by atoms with E-state index in [9.17, 15) is 4.79 Å². The minimum Gasteiger partial charge on any atom is -0.476 e. The minimum absolute atomic E-state index is 0.208. The third kappa shape index (κ3) is 3.48. The van der Waals surface area contributed by atoms with Gasteiger partial charge in [-0.15, -0.1) is 11.6 Å². The van der Waals surface area contributed by atoms with E-state index in [0.717, 1.165) is 5.56 Å². The number of pyridine rings is 1. The first-order valence-corrected chi connectivity index (χ1v) is 6.82. The Bertz CT molecular complexity index is 585. The van der Waals surface area contributed by atoms with Gasteiger partial charge >= 0.3 is 0 Å². The molecule has 5 heteroatoms. The fourth-order valence-electron chi connectivity index (χ4n) is 1.68. The van der Waals surface area contributed by atoms with Crippen LogP contribution in [0.1, 0.15) is 22.8 Å². The Balaban J connectivity index is 2.14. The second-order valence-corrected chi connectivity index (χ2v) is 4.34. The molecule has 4 nitrogen and oxygen atoms in total.